The van der Waals surface area contributed by atoms with Crippen LogP contribution in [-0.2, 0) is 25.5 Å². The first-order chi connectivity index (χ1) is 23.8. The average molecular weight is 724 g/mol. The predicted molar refractivity (Wildman–Crippen MR) is 197 cm³/mol. The van der Waals surface area contributed by atoms with Gasteiger partial charge in [0, 0.05) is 31.1 Å². The fraction of sp³-hybridized carbons (Fsp3) is 0.821. The zero-order chi connectivity index (χ0) is 38.3. The molecule has 2 aliphatic heterocycles. The Labute approximate surface area is 306 Å². The van der Waals surface area contributed by atoms with Gasteiger partial charge in [0.15, 0.2) is 6.29 Å². The summed E-state index contributed by atoms with van der Waals surface area (Å²) < 4.78 is 18.5. The number of hydrogen-bond donors (Lipinski definition) is 6. The van der Waals surface area contributed by atoms with E-state index in [0.717, 1.165) is 19.5 Å². The molecule has 1 aromatic rings. The second-order valence-electron chi connectivity index (χ2n) is 16.2. The van der Waals surface area contributed by atoms with E-state index in [-0.39, 0.29) is 30.9 Å². The van der Waals surface area contributed by atoms with Crippen molar-refractivity contribution in [1.29, 1.82) is 0 Å². The predicted octanol–water partition coefficient (Wildman–Crippen LogP) is 2.53. The van der Waals surface area contributed by atoms with E-state index in [9.17, 15) is 30.3 Å². The van der Waals surface area contributed by atoms with Crippen molar-refractivity contribution in [2.45, 2.75) is 154 Å². The van der Waals surface area contributed by atoms with Crippen molar-refractivity contribution < 1.29 is 44.5 Å². The second-order valence-corrected chi connectivity index (χ2v) is 16.2. The van der Waals surface area contributed by atoms with Gasteiger partial charge in [0.05, 0.1) is 29.8 Å². The minimum atomic E-state index is -1.79. The van der Waals surface area contributed by atoms with Gasteiger partial charge in [-0.05, 0) is 99.0 Å². The van der Waals surface area contributed by atoms with Crippen molar-refractivity contribution in [2.75, 3.05) is 33.7 Å². The van der Waals surface area contributed by atoms with E-state index in [4.69, 9.17) is 14.2 Å². The minimum absolute atomic E-state index is 0.139. The highest BCUT2D eigenvalue weighted by atomic mass is 16.7. The first-order valence-corrected chi connectivity index (χ1v) is 19.0. The highest BCUT2D eigenvalue weighted by Gasteiger charge is 2.50. The van der Waals surface area contributed by atoms with Gasteiger partial charge >= 0.3 is 5.97 Å². The molecule has 2 fully saturated rings. The van der Waals surface area contributed by atoms with Crippen LogP contribution in [-0.4, -0.2) is 141 Å². The van der Waals surface area contributed by atoms with Gasteiger partial charge in [0.2, 0.25) is 0 Å². The Morgan fingerprint density at radius 1 is 1.02 bits per heavy atom. The summed E-state index contributed by atoms with van der Waals surface area (Å²) in [4.78, 5) is 17.6. The Bertz CT molecular complexity index is 1190. The van der Waals surface area contributed by atoms with Crippen molar-refractivity contribution in [3.8, 4) is 0 Å². The van der Waals surface area contributed by atoms with E-state index < -0.39 is 71.9 Å². The molecule has 12 heteroatoms. The molecular weight excluding hydrogens is 654 g/mol. The molecule has 0 saturated carbocycles. The Balaban J connectivity index is 1.95. The van der Waals surface area contributed by atoms with Gasteiger partial charge in [-0.25, -0.2) is 0 Å². The highest BCUT2D eigenvalue weighted by molar-refractivity contribution is 5.73. The highest BCUT2D eigenvalue weighted by Crippen LogP contribution is 2.36. The first-order valence-electron chi connectivity index (χ1n) is 19.0. The molecule has 1 aromatic carbocycles. The summed E-state index contributed by atoms with van der Waals surface area (Å²) >= 11 is 0. The third kappa shape index (κ3) is 11.4. The van der Waals surface area contributed by atoms with Crippen molar-refractivity contribution in [3.05, 3.63) is 35.9 Å². The molecule has 2 aliphatic rings. The molecule has 51 heavy (non-hydrogen) atoms. The Morgan fingerprint density at radius 2 is 1.67 bits per heavy atom. The maximum absolute atomic E-state index is 13.6. The monoisotopic (exact) mass is 724 g/mol. The van der Waals surface area contributed by atoms with Crippen LogP contribution in [0.15, 0.2) is 30.3 Å². The molecule has 0 aromatic heterocycles. The second kappa shape index (κ2) is 19.1. The zero-order valence-corrected chi connectivity index (χ0v) is 32.7. The summed E-state index contributed by atoms with van der Waals surface area (Å²) in [6, 6.07) is 9.36. The number of hydrogen-bond acceptors (Lipinski definition) is 12. The molecule has 3 rings (SSSR count). The van der Waals surface area contributed by atoms with Crippen molar-refractivity contribution in [2.24, 2.45) is 17.8 Å². The van der Waals surface area contributed by atoms with E-state index in [0.29, 0.717) is 19.5 Å². The molecule has 0 radical (unpaired) electrons. The van der Waals surface area contributed by atoms with Crippen LogP contribution in [0.25, 0.3) is 0 Å². The average Bonchev–Trinajstić information content (AvgIpc) is 3.07. The number of nitrogens with zero attached hydrogens (tertiary/aromatic N) is 2. The number of benzene rings is 1. The number of esters is 1. The third-order valence-electron chi connectivity index (χ3n) is 11.3. The lowest BCUT2D eigenvalue weighted by Crippen LogP contribution is -2.59. The molecule has 2 heterocycles. The SMILES string of the molecule is CC[C@H]1OC(=O)[C@H](C)[C@@H](O)[C@H](C)[C@@H](O[C@@H]2O[C@H](C)C[C@H](N(C)C)[C@H]2O)C(C)(O)C[C@@H](C)CN(CCCNCc2ccccc2)[C@H](C)[C@@H](O)[C@]1(C)O. The van der Waals surface area contributed by atoms with Gasteiger partial charge in [-0.2, -0.15) is 0 Å². The molecule has 294 valence electrons. The van der Waals surface area contributed by atoms with Crippen LogP contribution in [0.5, 0.6) is 0 Å². The Morgan fingerprint density at radius 3 is 2.27 bits per heavy atom. The van der Waals surface area contributed by atoms with Crippen LogP contribution in [0, 0.1) is 17.8 Å². The molecule has 14 atom stereocenters. The minimum Gasteiger partial charge on any atom is -0.459 e. The van der Waals surface area contributed by atoms with Crippen molar-refractivity contribution >= 4 is 5.97 Å². The number of cyclic esters (lactones) is 1. The van der Waals surface area contributed by atoms with Crippen LogP contribution in [0.4, 0.5) is 0 Å². The van der Waals surface area contributed by atoms with Crippen LogP contribution < -0.4 is 5.32 Å². The van der Waals surface area contributed by atoms with Crippen LogP contribution >= 0.6 is 0 Å². The summed E-state index contributed by atoms with van der Waals surface area (Å²) in [7, 11) is 3.77. The zero-order valence-electron chi connectivity index (χ0n) is 32.7. The van der Waals surface area contributed by atoms with Gasteiger partial charge < -0.3 is 50.0 Å². The van der Waals surface area contributed by atoms with Gasteiger partial charge in [-0.1, -0.05) is 51.1 Å². The van der Waals surface area contributed by atoms with Crippen LogP contribution in [0.2, 0.25) is 0 Å². The lowest BCUT2D eigenvalue weighted by atomic mass is 9.78. The number of likely N-dealkylation sites (N-methyl/N-ethyl adjacent to an activating group) is 1. The van der Waals surface area contributed by atoms with Gasteiger partial charge in [-0.15, -0.1) is 0 Å². The Hall–Kier alpha value is -1.71. The van der Waals surface area contributed by atoms with E-state index in [1.807, 2.05) is 58.0 Å². The standard InChI is InChI=1S/C39H69N3O9/c1-11-31-39(8,48)34(45)28(6)42(19-15-18-40-22-29-16-13-12-14-17-29)23-24(2)21-38(7,47)35(26(4)32(43)27(5)36(46)50-31)51-37-33(44)30(41(9)10)20-25(3)49-37/h12-14,16-17,24-28,30-35,37,40,43-45,47-48H,11,15,18-23H2,1-10H3/t24-,25-,26+,27-,28-,30+,31-,32+,33-,34-,35-,37+,38?,39-/m1/s1. The molecule has 2 saturated heterocycles. The van der Waals surface area contributed by atoms with Gasteiger partial charge in [-0.3, -0.25) is 9.69 Å². The van der Waals surface area contributed by atoms with E-state index >= 15 is 0 Å². The number of carbonyl (C=O) groups is 1. The molecule has 1 unspecified atom stereocenters. The smallest absolute Gasteiger partial charge is 0.311 e. The van der Waals surface area contributed by atoms with Gasteiger partial charge in [0.25, 0.3) is 0 Å². The molecule has 0 bridgehead atoms. The van der Waals surface area contributed by atoms with Gasteiger partial charge in [0.1, 0.15) is 23.9 Å². The lowest BCUT2D eigenvalue weighted by Gasteiger charge is -2.46. The topological polar surface area (TPSA) is 164 Å². The molecule has 12 nitrogen and oxygen atoms in total. The summed E-state index contributed by atoms with van der Waals surface area (Å²) in [5.74, 6) is -2.74. The summed E-state index contributed by atoms with van der Waals surface area (Å²) in [6.07, 6.45) is -5.19. The third-order valence-corrected chi connectivity index (χ3v) is 11.3. The largest absolute Gasteiger partial charge is 0.459 e. The van der Waals surface area contributed by atoms with Crippen LogP contribution in [0.3, 0.4) is 0 Å². The number of nitrogens with one attached hydrogen (secondary N) is 1. The maximum Gasteiger partial charge on any atom is 0.311 e. The van der Waals surface area contributed by atoms with Crippen molar-refractivity contribution in [3.63, 3.8) is 0 Å². The summed E-state index contributed by atoms with van der Waals surface area (Å²) in [6.45, 7) is 16.5. The molecule has 6 N–H and O–H groups in total. The summed E-state index contributed by atoms with van der Waals surface area (Å²) in [5, 5.41) is 62.2. The maximum atomic E-state index is 13.6. The molecule has 0 aliphatic carbocycles. The fourth-order valence-corrected chi connectivity index (χ4v) is 8.14. The number of rotatable bonds is 10. The van der Waals surface area contributed by atoms with Crippen molar-refractivity contribution in [1.82, 2.24) is 15.1 Å². The number of carbonyl (C=O) groups excluding carboxylic acids is 1. The lowest BCUT2D eigenvalue weighted by molar-refractivity contribution is -0.299. The number of aliphatic hydroxyl groups excluding tert-OH is 3. The van der Waals surface area contributed by atoms with E-state index in [1.54, 1.807) is 27.7 Å². The number of aliphatic hydroxyl groups is 5. The quantitative estimate of drug-likeness (QED) is 0.155. The first kappa shape index (κ1) is 43.7. The Kier molecular flexibility index (Phi) is 16.3. The van der Waals surface area contributed by atoms with E-state index in [1.165, 1.54) is 12.5 Å². The number of ether oxygens (including phenoxy) is 3. The molecule has 0 spiro atoms. The molecule has 0 amide bonds. The van der Waals surface area contributed by atoms with E-state index in [2.05, 4.69) is 22.3 Å². The fourth-order valence-electron chi connectivity index (χ4n) is 8.14. The van der Waals surface area contributed by atoms with Crippen LogP contribution in [0.1, 0.15) is 86.6 Å². The normalized spacial score (nSPS) is 41.1. The molecular formula is C39H69N3O9. The summed E-state index contributed by atoms with van der Waals surface area (Å²) in [5.41, 5.74) is -2.15.